The third kappa shape index (κ3) is 3.24. The van der Waals surface area contributed by atoms with Gasteiger partial charge in [-0.2, -0.15) is 0 Å². The molecular weight excluding hydrogens is 262 g/mol. The maximum Gasteiger partial charge on any atom is 0.227 e. The third-order valence-corrected chi connectivity index (χ3v) is 3.84. The maximum absolute atomic E-state index is 12.1. The van der Waals surface area contributed by atoms with E-state index in [4.69, 9.17) is 4.74 Å². The summed E-state index contributed by atoms with van der Waals surface area (Å²) in [4.78, 5) is 12.1. The van der Waals surface area contributed by atoms with E-state index in [1.165, 1.54) is 0 Å². The fourth-order valence-electron chi connectivity index (χ4n) is 2.37. The molecule has 0 unspecified atom stereocenters. The lowest BCUT2D eigenvalue weighted by atomic mass is 9.85. The molecule has 108 valence electrons. The highest BCUT2D eigenvalue weighted by Crippen LogP contribution is 2.32. The molecule has 2 aromatic carbocycles. The number of hydrogen-bond donors (Lipinski definition) is 1. The highest BCUT2D eigenvalue weighted by atomic mass is 16.5. The summed E-state index contributed by atoms with van der Waals surface area (Å²) in [7, 11) is 0. The fraction of sp³-hybridized carbons (Fsp3) is 0.278. The smallest absolute Gasteiger partial charge is 0.227 e. The molecule has 1 N–H and O–H groups in total. The van der Waals surface area contributed by atoms with Crippen LogP contribution in [0.2, 0.25) is 0 Å². The van der Waals surface area contributed by atoms with Crippen molar-refractivity contribution in [3.8, 4) is 11.5 Å². The molecule has 0 radical (unpaired) electrons. The fourth-order valence-corrected chi connectivity index (χ4v) is 2.37. The molecule has 3 rings (SSSR count). The summed E-state index contributed by atoms with van der Waals surface area (Å²) in [6.07, 6.45) is 3.14. The zero-order chi connectivity index (χ0) is 14.7. The largest absolute Gasteiger partial charge is 0.455 e. The van der Waals surface area contributed by atoms with Crippen LogP contribution in [0.5, 0.6) is 11.5 Å². The second-order valence-electron chi connectivity index (χ2n) is 5.53. The number of ether oxygens (including phenoxy) is 1. The first-order chi connectivity index (χ1) is 10.2. The molecule has 0 aliphatic heterocycles. The van der Waals surface area contributed by atoms with Crippen molar-refractivity contribution in [1.29, 1.82) is 0 Å². The molecule has 3 heteroatoms. The molecule has 0 atom stereocenters. The van der Waals surface area contributed by atoms with Crippen molar-refractivity contribution in [2.75, 3.05) is 5.32 Å². The van der Waals surface area contributed by atoms with Gasteiger partial charge in [0.1, 0.15) is 5.75 Å². The van der Waals surface area contributed by atoms with Crippen molar-refractivity contribution in [2.24, 2.45) is 5.92 Å². The summed E-state index contributed by atoms with van der Waals surface area (Å²) in [6, 6.07) is 15.4. The number of anilines is 1. The van der Waals surface area contributed by atoms with E-state index >= 15 is 0 Å². The normalized spacial score (nSPS) is 14.3. The quantitative estimate of drug-likeness (QED) is 0.894. The van der Waals surface area contributed by atoms with Crippen LogP contribution in [0, 0.1) is 12.8 Å². The Morgan fingerprint density at radius 2 is 1.95 bits per heavy atom. The lowest BCUT2D eigenvalue weighted by Crippen LogP contribution is -2.28. The minimum atomic E-state index is 0.0987. The van der Waals surface area contributed by atoms with Gasteiger partial charge in [0.2, 0.25) is 5.91 Å². The van der Waals surface area contributed by atoms with Crippen LogP contribution in [0.3, 0.4) is 0 Å². The summed E-state index contributed by atoms with van der Waals surface area (Å²) in [5, 5.41) is 2.98. The van der Waals surface area contributed by atoms with E-state index in [2.05, 4.69) is 5.32 Å². The maximum atomic E-state index is 12.1. The van der Waals surface area contributed by atoms with Gasteiger partial charge in [0.15, 0.2) is 5.75 Å². The summed E-state index contributed by atoms with van der Waals surface area (Å²) in [5.41, 5.74) is 1.87. The van der Waals surface area contributed by atoms with Gasteiger partial charge in [-0.3, -0.25) is 4.79 Å². The number of amides is 1. The molecule has 21 heavy (non-hydrogen) atoms. The van der Waals surface area contributed by atoms with Gasteiger partial charge in [-0.25, -0.2) is 0 Å². The monoisotopic (exact) mass is 281 g/mol. The number of rotatable bonds is 4. The Labute approximate surface area is 124 Å². The second-order valence-corrected chi connectivity index (χ2v) is 5.53. The molecule has 0 bridgehead atoms. The van der Waals surface area contributed by atoms with Crippen molar-refractivity contribution in [3.63, 3.8) is 0 Å². The Hall–Kier alpha value is -2.29. The van der Waals surface area contributed by atoms with Crippen molar-refractivity contribution in [3.05, 3.63) is 54.1 Å². The lowest BCUT2D eigenvalue weighted by Gasteiger charge is -2.24. The number of hydrogen-bond acceptors (Lipinski definition) is 2. The van der Waals surface area contributed by atoms with E-state index in [1.807, 2.05) is 55.5 Å². The van der Waals surface area contributed by atoms with Gasteiger partial charge in [-0.15, -0.1) is 0 Å². The predicted octanol–water partition coefficient (Wildman–Crippen LogP) is 4.53. The second kappa shape index (κ2) is 6.00. The molecule has 2 aromatic rings. The van der Waals surface area contributed by atoms with E-state index < -0.39 is 0 Å². The van der Waals surface area contributed by atoms with Crippen LogP contribution in [0.15, 0.2) is 48.5 Å². The molecule has 1 saturated carbocycles. The topological polar surface area (TPSA) is 38.3 Å². The molecule has 0 aromatic heterocycles. The number of carbonyl (C=O) groups excluding carboxylic acids is 1. The lowest BCUT2D eigenvalue weighted by molar-refractivity contribution is -0.122. The number of aryl methyl sites for hydroxylation is 1. The molecule has 3 nitrogen and oxygen atoms in total. The first-order valence-electron chi connectivity index (χ1n) is 7.37. The average Bonchev–Trinajstić information content (AvgIpc) is 2.39. The highest BCUT2D eigenvalue weighted by molar-refractivity contribution is 5.94. The Morgan fingerprint density at radius 3 is 2.67 bits per heavy atom. The molecule has 1 aliphatic rings. The Kier molecular flexibility index (Phi) is 3.91. The predicted molar refractivity (Wildman–Crippen MR) is 83.7 cm³/mol. The van der Waals surface area contributed by atoms with Gasteiger partial charge in [0, 0.05) is 5.92 Å². The zero-order valence-corrected chi connectivity index (χ0v) is 12.1. The van der Waals surface area contributed by atoms with Gasteiger partial charge >= 0.3 is 0 Å². The Morgan fingerprint density at radius 1 is 1.14 bits per heavy atom. The average molecular weight is 281 g/mol. The minimum absolute atomic E-state index is 0.0987. The van der Waals surface area contributed by atoms with Crippen LogP contribution < -0.4 is 10.1 Å². The van der Waals surface area contributed by atoms with Crippen molar-refractivity contribution < 1.29 is 9.53 Å². The van der Waals surface area contributed by atoms with Gasteiger partial charge in [-0.05, 0) is 49.6 Å². The number of carbonyl (C=O) groups is 1. The van der Waals surface area contributed by atoms with E-state index in [1.54, 1.807) is 0 Å². The van der Waals surface area contributed by atoms with Gasteiger partial charge < -0.3 is 10.1 Å². The molecule has 0 spiro atoms. The number of para-hydroxylation sites is 2. The number of nitrogens with one attached hydrogen (secondary N) is 1. The molecule has 1 amide bonds. The van der Waals surface area contributed by atoms with Crippen LogP contribution in [-0.4, -0.2) is 5.91 Å². The van der Waals surface area contributed by atoms with E-state index in [0.717, 1.165) is 36.3 Å². The molecule has 0 heterocycles. The van der Waals surface area contributed by atoms with Gasteiger partial charge in [0.25, 0.3) is 0 Å². The van der Waals surface area contributed by atoms with Crippen molar-refractivity contribution in [1.82, 2.24) is 0 Å². The zero-order valence-electron chi connectivity index (χ0n) is 12.1. The molecule has 1 aliphatic carbocycles. The Bertz CT molecular complexity index is 647. The van der Waals surface area contributed by atoms with E-state index in [0.29, 0.717) is 5.75 Å². The first-order valence-corrected chi connectivity index (χ1v) is 7.37. The Balaban J connectivity index is 1.77. The SMILES string of the molecule is Cc1cccc(Oc2ccccc2NC(=O)C2CCC2)c1. The summed E-state index contributed by atoms with van der Waals surface area (Å²) >= 11 is 0. The summed E-state index contributed by atoms with van der Waals surface area (Å²) in [6.45, 7) is 2.02. The van der Waals surface area contributed by atoms with Crippen LogP contribution in [0.4, 0.5) is 5.69 Å². The van der Waals surface area contributed by atoms with Crippen LogP contribution in [-0.2, 0) is 4.79 Å². The van der Waals surface area contributed by atoms with Crippen LogP contribution in [0.25, 0.3) is 0 Å². The summed E-state index contributed by atoms with van der Waals surface area (Å²) in [5.74, 6) is 1.72. The van der Waals surface area contributed by atoms with Crippen molar-refractivity contribution >= 4 is 11.6 Å². The molecular formula is C18H19NO2. The molecule has 1 fully saturated rings. The summed E-state index contributed by atoms with van der Waals surface area (Å²) < 4.78 is 5.91. The van der Waals surface area contributed by atoms with E-state index in [9.17, 15) is 4.79 Å². The first kappa shape index (κ1) is 13.7. The standard InChI is InChI=1S/C18H19NO2/c1-13-6-4-9-15(12-13)21-17-11-3-2-10-16(17)19-18(20)14-7-5-8-14/h2-4,6,9-12,14H,5,7-8H2,1H3,(H,19,20). The van der Waals surface area contributed by atoms with Crippen LogP contribution >= 0.6 is 0 Å². The third-order valence-electron chi connectivity index (χ3n) is 3.84. The van der Waals surface area contributed by atoms with Gasteiger partial charge in [0.05, 0.1) is 5.69 Å². The minimum Gasteiger partial charge on any atom is -0.455 e. The van der Waals surface area contributed by atoms with E-state index in [-0.39, 0.29) is 11.8 Å². The van der Waals surface area contributed by atoms with Crippen LogP contribution in [0.1, 0.15) is 24.8 Å². The van der Waals surface area contributed by atoms with Crippen molar-refractivity contribution in [2.45, 2.75) is 26.2 Å². The van der Waals surface area contributed by atoms with Gasteiger partial charge in [-0.1, -0.05) is 30.7 Å². The molecule has 0 saturated heterocycles. The highest BCUT2D eigenvalue weighted by Gasteiger charge is 2.25. The number of benzene rings is 2.